The Balaban J connectivity index is 1.90. The molecule has 0 radical (unpaired) electrons. The third-order valence-electron chi connectivity index (χ3n) is 4.74. The monoisotopic (exact) mass is 367 g/mol. The number of hydrogen-bond donors (Lipinski definition) is 2. The van der Waals surface area contributed by atoms with E-state index in [2.05, 4.69) is 24.5 Å². The molecule has 1 atom stereocenters. The van der Waals surface area contributed by atoms with Crippen molar-refractivity contribution in [2.45, 2.75) is 39.7 Å². The van der Waals surface area contributed by atoms with Gasteiger partial charge in [0, 0.05) is 11.4 Å². The number of para-hydroxylation sites is 1. The van der Waals surface area contributed by atoms with Gasteiger partial charge < -0.3 is 10.6 Å². The molecule has 0 aromatic heterocycles. The summed E-state index contributed by atoms with van der Waals surface area (Å²) >= 11 is 0. The molecular formula is C22H29N3O2. The van der Waals surface area contributed by atoms with Crippen molar-refractivity contribution in [3.8, 4) is 0 Å². The highest BCUT2D eigenvalue weighted by molar-refractivity contribution is 5.96. The quantitative estimate of drug-likeness (QED) is 0.748. The van der Waals surface area contributed by atoms with Crippen LogP contribution in [0.25, 0.3) is 0 Å². The van der Waals surface area contributed by atoms with Crippen molar-refractivity contribution in [3.05, 3.63) is 59.7 Å². The zero-order valence-electron chi connectivity index (χ0n) is 16.6. The summed E-state index contributed by atoms with van der Waals surface area (Å²) in [6.07, 6.45) is 1.81. The van der Waals surface area contributed by atoms with Crippen LogP contribution in [0.15, 0.2) is 48.5 Å². The third kappa shape index (κ3) is 5.93. The second-order valence-corrected chi connectivity index (χ2v) is 6.69. The van der Waals surface area contributed by atoms with E-state index >= 15 is 0 Å². The fraction of sp³-hybridized carbons (Fsp3) is 0.364. The van der Waals surface area contributed by atoms with Crippen LogP contribution in [0.1, 0.15) is 31.9 Å². The molecule has 27 heavy (non-hydrogen) atoms. The molecule has 0 aliphatic heterocycles. The molecule has 0 saturated heterocycles. The Morgan fingerprint density at radius 1 is 0.963 bits per heavy atom. The van der Waals surface area contributed by atoms with Gasteiger partial charge in [0.15, 0.2) is 0 Å². The van der Waals surface area contributed by atoms with Crippen LogP contribution in [-0.2, 0) is 22.4 Å². The van der Waals surface area contributed by atoms with Crippen molar-refractivity contribution in [2.24, 2.45) is 0 Å². The van der Waals surface area contributed by atoms with Gasteiger partial charge in [-0.1, -0.05) is 44.2 Å². The van der Waals surface area contributed by atoms with E-state index in [1.165, 1.54) is 5.56 Å². The summed E-state index contributed by atoms with van der Waals surface area (Å²) in [6, 6.07) is 15.1. The molecule has 2 amide bonds. The van der Waals surface area contributed by atoms with Gasteiger partial charge in [0.25, 0.3) is 0 Å². The molecule has 0 bridgehead atoms. The van der Waals surface area contributed by atoms with E-state index in [1.807, 2.05) is 48.5 Å². The van der Waals surface area contributed by atoms with Crippen LogP contribution in [0.2, 0.25) is 0 Å². The highest BCUT2D eigenvalue weighted by Gasteiger charge is 2.20. The van der Waals surface area contributed by atoms with Crippen LogP contribution in [0, 0.1) is 0 Å². The van der Waals surface area contributed by atoms with E-state index in [0.29, 0.717) is 0 Å². The van der Waals surface area contributed by atoms with Gasteiger partial charge in [-0.2, -0.15) is 0 Å². The van der Waals surface area contributed by atoms with Crippen molar-refractivity contribution >= 4 is 23.2 Å². The standard InChI is InChI=1S/C22H29N3O2/c1-5-17-11-13-19(14-12-17)23-22(27)16(3)25(4)15-21(26)24-20-10-8-7-9-18(20)6-2/h7-14,16H,5-6,15H2,1-4H3,(H,23,27)(H,24,26)/t16-/m1/s1. The lowest BCUT2D eigenvalue weighted by molar-refractivity contribution is -0.122. The first kappa shape index (κ1) is 20.6. The van der Waals surface area contributed by atoms with Gasteiger partial charge >= 0.3 is 0 Å². The van der Waals surface area contributed by atoms with Crippen LogP contribution in [-0.4, -0.2) is 36.3 Å². The predicted molar refractivity (Wildman–Crippen MR) is 111 cm³/mol. The molecule has 0 aliphatic rings. The van der Waals surface area contributed by atoms with Gasteiger partial charge in [0.05, 0.1) is 12.6 Å². The summed E-state index contributed by atoms with van der Waals surface area (Å²) < 4.78 is 0. The summed E-state index contributed by atoms with van der Waals surface area (Å²) in [4.78, 5) is 26.6. The minimum absolute atomic E-state index is 0.134. The summed E-state index contributed by atoms with van der Waals surface area (Å²) in [5, 5.41) is 5.84. The lowest BCUT2D eigenvalue weighted by atomic mass is 10.1. The van der Waals surface area contributed by atoms with Gasteiger partial charge in [-0.15, -0.1) is 0 Å². The lowest BCUT2D eigenvalue weighted by Gasteiger charge is -2.23. The maximum absolute atomic E-state index is 12.5. The molecular weight excluding hydrogens is 338 g/mol. The minimum Gasteiger partial charge on any atom is -0.325 e. The second kappa shape index (κ2) is 9.88. The third-order valence-corrected chi connectivity index (χ3v) is 4.74. The highest BCUT2D eigenvalue weighted by atomic mass is 16.2. The van der Waals surface area contributed by atoms with Gasteiger partial charge in [-0.05, 0) is 56.1 Å². The van der Waals surface area contributed by atoms with E-state index in [4.69, 9.17) is 0 Å². The number of nitrogens with zero attached hydrogens (tertiary/aromatic N) is 1. The number of carbonyl (C=O) groups is 2. The zero-order chi connectivity index (χ0) is 19.8. The van der Waals surface area contributed by atoms with E-state index in [1.54, 1.807) is 18.9 Å². The fourth-order valence-corrected chi connectivity index (χ4v) is 2.77. The van der Waals surface area contributed by atoms with E-state index in [-0.39, 0.29) is 18.4 Å². The number of likely N-dealkylation sites (N-methyl/N-ethyl adjacent to an activating group) is 1. The van der Waals surface area contributed by atoms with Crippen molar-refractivity contribution in [1.82, 2.24) is 4.90 Å². The molecule has 2 N–H and O–H groups in total. The van der Waals surface area contributed by atoms with Gasteiger partial charge in [-0.3, -0.25) is 14.5 Å². The number of nitrogens with one attached hydrogen (secondary N) is 2. The number of anilines is 2. The van der Waals surface area contributed by atoms with E-state index in [0.717, 1.165) is 29.8 Å². The van der Waals surface area contributed by atoms with Crippen LogP contribution in [0.3, 0.4) is 0 Å². The molecule has 144 valence electrons. The lowest BCUT2D eigenvalue weighted by Crippen LogP contribution is -2.43. The van der Waals surface area contributed by atoms with Crippen molar-refractivity contribution in [2.75, 3.05) is 24.2 Å². The first-order valence-electron chi connectivity index (χ1n) is 9.42. The molecule has 0 aliphatic carbocycles. The number of hydrogen-bond acceptors (Lipinski definition) is 3. The SMILES string of the molecule is CCc1ccc(NC(=O)[C@@H](C)N(C)CC(=O)Nc2ccccc2CC)cc1. The highest BCUT2D eigenvalue weighted by Crippen LogP contribution is 2.15. The normalized spacial score (nSPS) is 11.9. The van der Waals surface area contributed by atoms with Crippen molar-refractivity contribution < 1.29 is 9.59 Å². The van der Waals surface area contributed by atoms with Crippen LogP contribution < -0.4 is 10.6 Å². The Labute approximate surface area is 161 Å². The molecule has 2 aromatic carbocycles. The molecule has 0 saturated carbocycles. The smallest absolute Gasteiger partial charge is 0.241 e. The molecule has 5 nitrogen and oxygen atoms in total. The summed E-state index contributed by atoms with van der Waals surface area (Å²) in [5.41, 5.74) is 3.90. The molecule has 0 unspecified atom stereocenters. The van der Waals surface area contributed by atoms with Crippen LogP contribution in [0.4, 0.5) is 11.4 Å². The average Bonchev–Trinajstić information content (AvgIpc) is 2.68. The Kier molecular flexibility index (Phi) is 7.55. The summed E-state index contributed by atoms with van der Waals surface area (Å²) in [5.74, 6) is -0.270. The maximum atomic E-state index is 12.5. The molecule has 0 heterocycles. The molecule has 0 spiro atoms. The average molecular weight is 367 g/mol. The summed E-state index contributed by atoms with van der Waals surface area (Å²) in [7, 11) is 1.77. The van der Waals surface area contributed by atoms with Crippen molar-refractivity contribution in [1.29, 1.82) is 0 Å². The zero-order valence-corrected chi connectivity index (χ0v) is 16.6. The molecule has 2 rings (SSSR count). The number of aryl methyl sites for hydroxylation is 2. The maximum Gasteiger partial charge on any atom is 0.241 e. The van der Waals surface area contributed by atoms with Gasteiger partial charge in [0.1, 0.15) is 0 Å². The molecule has 2 aromatic rings. The van der Waals surface area contributed by atoms with Gasteiger partial charge in [0.2, 0.25) is 11.8 Å². The van der Waals surface area contributed by atoms with E-state index in [9.17, 15) is 9.59 Å². The number of benzene rings is 2. The first-order chi connectivity index (χ1) is 12.9. The molecule has 5 heteroatoms. The predicted octanol–water partition coefficient (Wildman–Crippen LogP) is 3.71. The minimum atomic E-state index is -0.428. The van der Waals surface area contributed by atoms with Crippen LogP contribution >= 0.6 is 0 Å². The number of amides is 2. The van der Waals surface area contributed by atoms with E-state index < -0.39 is 6.04 Å². The van der Waals surface area contributed by atoms with Gasteiger partial charge in [-0.25, -0.2) is 0 Å². The topological polar surface area (TPSA) is 61.4 Å². The number of carbonyl (C=O) groups excluding carboxylic acids is 2. The Morgan fingerprint density at radius 3 is 2.26 bits per heavy atom. The first-order valence-corrected chi connectivity index (χ1v) is 9.42. The Bertz CT molecular complexity index is 771. The Hall–Kier alpha value is -2.66. The second-order valence-electron chi connectivity index (χ2n) is 6.69. The number of rotatable bonds is 8. The summed E-state index contributed by atoms with van der Waals surface area (Å²) in [6.45, 7) is 6.08. The Morgan fingerprint density at radius 2 is 1.63 bits per heavy atom. The largest absolute Gasteiger partial charge is 0.325 e. The van der Waals surface area contributed by atoms with Crippen molar-refractivity contribution in [3.63, 3.8) is 0 Å². The van der Waals surface area contributed by atoms with Crippen LogP contribution in [0.5, 0.6) is 0 Å². The fourth-order valence-electron chi connectivity index (χ4n) is 2.77. The molecule has 0 fully saturated rings.